The van der Waals surface area contributed by atoms with E-state index >= 15 is 0 Å². The second-order valence-electron chi connectivity index (χ2n) is 7.33. The van der Waals surface area contributed by atoms with Crippen LogP contribution in [0, 0.1) is 6.92 Å². The molecule has 5 nitrogen and oxygen atoms in total. The van der Waals surface area contributed by atoms with Gasteiger partial charge in [0.25, 0.3) is 0 Å². The molecule has 0 saturated carbocycles. The number of benzene rings is 2. The van der Waals surface area contributed by atoms with Gasteiger partial charge in [0, 0.05) is 29.1 Å². The molecule has 0 radical (unpaired) electrons. The lowest BCUT2D eigenvalue weighted by molar-refractivity contribution is -0.151. The number of aromatic nitrogens is 1. The standard InChI is InChI=1S/C24H27ClN2O3/c1-4-5-12-30-23(24(28)29)21-15(2)13-20-19(11-10-18(27-20)14-26-3)22(21)16-6-8-17(25)9-7-16/h6-11,13,23,26H,4-5,12,14H2,1-3H3,(H,28,29). The molecule has 0 aliphatic carbocycles. The topological polar surface area (TPSA) is 71.5 Å². The van der Waals surface area contributed by atoms with Gasteiger partial charge in [-0.15, -0.1) is 0 Å². The minimum atomic E-state index is -1.05. The molecule has 0 bridgehead atoms. The summed E-state index contributed by atoms with van der Waals surface area (Å²) in [5.74, 6) is -0.997. The van der Waals surface area contributed by atoms with Gasteiger partial charge in [-0.3, -0.25) is 4.98 Å². The van der Waals surface area contributed by atoms with E-state index < -0.39 is 12.1 Å². The van der Waals surface area contributed by atoms with Crippen LogP contribution in [0.3, 0.4) is 0 Å². The Morgan fingerprint density at radius 1 is 1.23 bits per heavy atom. The van der Waals surface area contributed by atoms with Gasteiger partial charge in [0.15, 0.2) is 6.10 Å². The molecule has 0 saturated heterocycles. The number of fused-ring (bicyclic) bond motifs is 1. The number of hydrogen-bond donors (Lipinski definition) is 2. The fourth-order valence-electron chi connectivity index (χ4n) is 3.63. The molecule has 158 valence electrons. The number of pyridine rings is 1. The summed E-state index contributed by atoms with van der Waals surface area (Å²) in [6, 6.07) is 13.4. The van der Waals surface area contributed by atoms with Crippen molar-refractivity contribution in [1.82, 2.24) is 10.3 Å². The van der Waals surface area contributed by atoms with Crippen LogP contribution in [0.5, 0.6) is 0 Å². The molecule has 1 atom stereocenters. The highest BCUT2D eigenvalue weighted by molar-refractivity contribution is 6.30. The van der Waals surface area contributed by atoms with Gasteiger partial charge < -0.3 is 15.2 Å². The maximum absolute atomic E-state index is 12.2. The summed E-state index contributed by atoms with van der Waals surface area (Å²) in [4.78, 5) is 17.0. The lowest BCUT2D eigenvalue weighted by atomic mass is 9.88. The summed E-state index contributed by atoms with van der Waals surface area (Å²) in [6.07, 6.45) is 0.691. The fraction of sp³-hybridized carbons (Fsp3) is 0.333. The molecule has 6 heteroatoms. The molecule has 3 aromatic rings. The Labute approximate surface area is 182 Å². The molecular weight excluding hydrogens is 400 g/mol. The number of nitrogens with one attached hydrogen (secondary N) is 1. The van der Waals surface area contributed by atoms with Crippen LogP contribution in [-0.2, 0) is 16.1 Å². The van der Waals surface area contributed by atoms with Gasteiger partial charge in [-0.2, -0.15) is 0 Å². The van der Waals surface area contributed by atoms with Gasteiger partial charge in [0.05, 0.1) is 11.2 Å². The molecular formula is C24H27ClN2O3. The van der Waals surface area contributed by atoms with Gasteiger partial charge in [0.1, 0.15) is 0 Å². The third-order valence-electron chi connectivity index (χ3n) is 5.06. The zero-order valence-electron chi connectivity index (χ0n) is 17.5. The number of rotatable bonds is 9. The van der Waals surface area contributed by atoms with Crippen LogP contribution in [0.25, 0.3) is 22.0 Å². The Hall–Kier alpha value is -2.47. The van der Waals surface area contributed by atoms with Gasteiger partial charge in [-0.1, -0.05) is 43.1 Å². The molecule has 0 spiro atoms. The number of carboxylic acid groups (broad SMARTS) is 1. The fourth-order valence-corrected chi connectivity index (χ4v) is 3.76. The molecule has 0 aliphatic heterocycles. The summed E-state index contributed by atoms with van der Waals surface area (Å²) in [6.45, 7) is 5.02. The number of carboxylic acids is 1. The van der Waals surface area contributed by atoms with Crippen molar-refractivity contribution in [3.05, 3.63) is 64.3 Å². The van der Waals surface area contributed by atoms with E-state index in [2.05, 4.69) is 5.32 Å². The minimum Gasteiger partial charge on any atom is -0.479 e. The lowest BCUT2D eigenvalue weighted by Gasteiger charge is -2.22. The van der Waals surface area contributed by atoms with Crippen molar-refractivity contribution in [1.29, 1.82) is 0 Å². The molecule has 0 fully saturated rings. The summed E-state index contributed by atoms with van der Waals surface area (Å²) >= 11 is 6.10. The zero-order chi connectivity index (χ0) is 21.7. The summed E-state index contributed by atoms with van der Waals surface area (Å²) < 4.78 is 5.85. The predicted octanol–water partition coefficient (Wildman–Crippen LogP) is 5.53. The molecule has 0 aliphatic rings. The van der Waals surface area contributed by atoms with Crippen LogP contribution in [0.1, 0.15) is 42.7 Å². The van der Waals surface area contributed by atoms with E-state index in [0.29, 0.717) is 23.7 Å². The highest BCUT2D eigenvalue weighted by Gasteiger charge is 2.28. The molecule has 1 aromatic heterocycles. The second-order valence-corrected chi connectivity index (χ2v) is 7.77. The van der Waals surface area contributed by atoms with Gasteiger partial charge in [-0.25, -0.2) is 4.79 Å². The van der Waals surface area contributed by atoms with Crippen molar-refractivity contribution in [2.75, 3.05) is 13.7 Å². The van der Waals surface area contributed by atoms with Crippen LogP contribution >= 0.6 is 11.6 Å². The first-order valence-electron chi connectivity index (χ1n) is 10.1. The maximum Gasteiger partial charge on any atom is 0.337 e. The van der Waals surface area contributed by atoms with Crippen LogP contribution < -0.4 is 5.32 Å². The van der Waals surface area contributed by atoms with Gasteiger partial charge in [-0.05, 0) is 61.3 Å². The van der Waals surface area contributed by atoms with Crippen molar-refractivity contribution in [3.8, 4) is 11.1 Å². The Balaban J connectivity index is 2.27. The first kappa shape index (κ1) is 22.2. The number of unbranched alkanes of at least 4 members (excludes halogenated alkanes) is 1. The van der Waals surface area contributed by atoms with Crippen LogP contribution in [0.15, 0.2) is 42.5 Å². The average molecular weight is 427 g/mol. The highest BCUT2D eigenvalue weighted by Crippen LogP contribution is 2.39. The van der Waals surface area contributed by atoms with E-state index in [9.17, 15) is 9.90 Å². The monoisotopic (exact) mass is 426 g/mol. The van der Waals surface area contributed by atoms with Crippen molar-refractivity contribution in [2.45, 2.75) is 39.3 Å². The third-order valence-corrected chi connectivity index (χ3v) is 5.31. The third kappa shape index (κ3) is 4.81. The normalized spacial score (nSPS) is 12.3. The number of nitrogens with zero attached hydrogens (tertiary/aromatic N) is 1. The summed E-state index contributed by atoms with van der Waals surface area (Å²) in [5.41, 5.74) is 4.97. The van der Waals surface area contributed by atoms with Crippen LogP contribution in [0.2, 0.25) is 5.02 Å². The summed E-state index contributed by atoms with van der Waals surface area (Å²) in [7, 11) is 1.88. The van der Waals surface area contributed by atoms with E-state index in [1.807, 2.05) is 63.4 Å². The SMILES string of the molecule is CCCCOC(C(=O)O)c1c(C)cc2nc(CNC)ccc2c1-c1ccc(Cl)cc1. The predicted molar refractivity (Wildman–Crippen MR) is 121 cm³/mol. The molecule has 0 amide bonds. The van der Waals surface area contributed by atoms with E-state index in [-0.39, 0.29) is 0 Å². The number of halogens is 1. The lowest BCUT2D eigenvalue weighted by Crippen LogP contribution is -2.18. The largest absolute Gasteiger partial charge is 0.479 e. The summed E-state index contributed by atoms with van der Waals surface area (Å²) in [5, 5.41) is 14.6. The van der Waals surface area contributed by atoms with Gasteiger partial charge >= 0.3 is 5.97 Å². The smallest absolute Gasteiger partial charge is 0.337 e. The van der Waals surface area contributed by atoms with Gasteiger partial charge in [0.2, 0.25) is 0 Å². The number of ether oxygens (including phenoxy) is 1. The molecule has 30 heavy (non-hydrogen) atoms. The maximum atomic E-state index is 12.2. The molecule has 2 aromatic carbocycles. The Bertz CT molecular complexity index is 1030. The molecule has 1 heterocycles. The Kier molecular flexibility index (Phi) is 7.43. The van der Waals surface area contributed by atoms with Crippen LogP contribution in [0.4, 0.5) is 0 Å². The minimum absolute atomic E-state index is 0.393. The average Bonchev–Trinajstić information content (AvgIpc) is 2.71. The zero-order valence-corrected chi connectivity index (χ0v) is 18.3. The Morgan fingerprint density at radius 2 is 1.97 bits per heavy atom. The van der Waals surface area contributed by atoms with Crippen LogP contribution in [-0.4, -0.2) is 29.7 Å². The number of carbonyl (C=O) groups is 1. The van der Waals surface area contributed by atoms with E-state index in [0.717, 1.165) is 46.1 Å². The molecule has 2 N–H and O–H groups in total. The van der Waals surface area contributed by atoms with Crippen molar-refractivity contribution < 1.29 is 14.6 Å². The quantitative estimate of drug-likeness (QED) is 0.440. The number of aryl methyl sites for hydroxylation is 1. The molecule has 1 unspecified atom stereocenters. The van der Waals surface area contributed by atoms with Crippen molar-refractivity contribution in [3.63, 3.8) is 0 Å². The number of hydrogen-bond acceptors (Lipinski definition) is 4. The Morgan fingerprint density at radius 3 is 2.60 bits per heavy atom. The van der Waals surface area contributed by atoms with E-state index in [1.165, 1.54) is 0 Å². The second kappa shape index (κ2) is 10.0. The first-order valence-corrected chi connectivity index (χ1v) is 10.5. The highest BCUT2D eigenvalue weighted by atomic mass is 35.5. The molecule has 3 rings (SSSR count). The van der Waals surface area contributed by atoms with E-state index in [4.69, 9.17) is 21.3 Å². The van der Waals surface area contributed by atoms with Crippen molar-refractivity contribution in [2.24, 2.45) is 0 Å². The van der Waals surface area contributed by atoms with E-state index in [1.54, 1.807) is 0 Å². The number of aliphatic carboxylic acids is 1. The first-order chi connectivity index (χ1) is 14.5. The van der Waals surface area contributed by atoms with Crippen molar-refractivity contribution >= 4 is 28.5 Å².